The molecule has 0 N–H and O–H groups in total. The van der Waals surface area contributed by atoms with E-state index in [1.54, 1.807) is 0 Å². The van der Waals surface area contributed by atoms with Crippen LogP contribution in [0.5, 0.6) is 0 Å². The molecule has 0 aliphatic rings. The highest BCUT2D eigenvalue weighted by Gasteiger charge is 2.19. The SMILES string of the molecule is c1ccc(-c2ccc(-c3nc(-c4ccc(-c5ccc6ccccc6c5)cc4)nc(-c4ccc(-n5c6ccccc6c6cc(-c7ccccc7)ccc65)c5ccccc45)n3)cc2)cc1. The van der Waals surface area contributed by atoms with Crippen molar-refractivity contribution in [3.05, 3.63) is 231 Å². The third kappa shape index (κ3) is 6.53. The molecule has 0 radical (unpaired) electrons. The molecular formula is C59H38N4. The van der Waals surface area contributed by atoms with Crippen LogP contribution in [0.15, 0.2) is 231 Å². The lowest BCUT2D eigenvalue weighted by molar-refractivity contribution is 1.08. The molecule has 2 aromatic heterocycles. The molecule has 4 nitrogen and oxygen atoms in total. The third-order valence-corrected chi connectivity index (χ3v) is 12.3. The summed E-state index contributed by atoms with van der Waals surface area (Å²) in [5.74, 6) is 1.87. The summed E-state index contributed by atoms with van der Waals surface area (Å²) in [7, 11) is 0. The minimum absolute atomic E-state index is 0.622. The maximum atomic E-state index is 5.26. The summed E-state index contributed by atoms with van der Waals surface area (Å²) in [4.78, 5) is 15.7. The number of aromatic nitrogens is 4. The highest BCUT2D eigenvalue weighted by atomic mass is 15.0. The van der Waals surface area contributed by atoms with E-state index in [1.807, 2.05) is 6.07 Å². The van der Waals surface area contributed by atoms with Gasteiger partial charge in [-0.05, 0) is 85.9 Å². The van der Waals surface area contributed by atoms with Gasteiger partial charge in [-0.2, -0.15) is 0 Å². The molecule has 4 heteroatoms. The number of nitrogens with zero attached hydrogens (tertiary/aromatic N) is 4. The minimum Gasteiger partial charge on any atom is -0.309 e. The molecule has 0 saturated carbocycles. The van der Waals surface area contributed by atoms with Gasteiger partial charge in [-0.1, -0.05) is 194 Å². The summed E-state index contributed by atoms with van der Waals surface area (Å²) in [5, 5.41) is 7.06. The van der Waals surface area contributed by atoms with Crippen molar-refractivity contribution in [1.29, 1.82) is 0 Å². The fourth-order valence-electron chi connectivity index (χ4n) is 9.09. The second-order valence-corrected chi connectivity index (χ2v) is 16.0. The van der Waals surface area contributed by atoms with E-state index in [0.29, 0.717) is 17.5 Å². The summed E-state index contributed by atoms with van der Waals surface area (Å²) in [6, 6.07) is 81.8. The third-order valence-electron chi connectivity index (χ3n) is 12.3. The highest BCUT2D eigenvalue weighted by molar-refractivity contribution is 6.12. The van der Waals surface area contributed by atoms with Crippen LogP contribution in [0.2, 0.25) is 0 Å². The fraction of sp³-hybridized carbons (Fsp3) is 0. The van der Waals surface area contributed by atoms with Gasteiger partial charge in [-0.3, -0.25) is 0 Å². The van der Waals surface area contributed by atoms with Gasteiger partial charge in [-0.15, -0.1) is 0 Å². The van der Waals surface area contributed by atoms with Crippen molar-refractivity contribution in [3.63, 3.8) is 0 Å². The molecule has 12 rings (SSSR count). The first-order valence-electron chi connectivity index (χ1n) is 21.3. The topological polar surface area (TPSA) is 43.6 Å². The Morgan fingerprint density at radius 3 is 1.41 bits per heavy atom. The summed E-state index contributed by atoms with van der Waals surface area (Å²) < 4.78 is 2.40. The number of hydrogen-bond donors (Lipinski definition) is 0. The van der Waals surface area contributed by atoms with Crippen molar-refractivity contribution in [2.75, 3.05) is 0 Å². The zero-order valence-corrected chi connectivity index (χ0v) is 34.2. The molecule has 0 aliphatic heterocycles. The second-order valence-electron chi connectivity index (χ2n) is 16.0. The number of rotatable bonds is 7. The summed E-state index contributed by atoms with van der Waals surface area (Å²) >= 11 is 0. The molecule has 63 heavy (non-hydrogen) atoms. The molecule has 0 bridgehead atoms. The van der Waals surface area contributed by atoms with Crippen LogP contribution in [0.25, 0.3) is 117 Å². The van der Waals surface area contributed by atoms with E-state index in [-0.39, 0.29) is 0 Å². The Hall–Kier alpha value is -8.47. The van der Waals surface area contributed by atoms with Gasteiger partial charge in [-0.25, -0.2) is 15.0 Å². The van der Waals surface area contributed by atoms with E-state index in [0.717, 1.165) is 55.3 Å². The van der Waals surface area contributed by atoms with Crippen LogP contribution in [-0.4, -0.2) is 19.5 Å². The molecule has 294 valence electrons. The van der Waals surface area contributed by atoms with Crippen molar-refractivity contribution < 1.29 is 0 Å². The molecule has 0 spiro atoms. The summed E-state index contributed by atoms with van der Waals surface area (Å²) in [5.41, 5.74) is 13.2. The molecule has 0 unspecified atom stereocenters. The molecule has 0 saturated heterocycles. The van der Waals surface area contributed by atoms with Crippen molar-refractivity contribution in [2.24, 2.45) is 0 Å². The lowest BCUT2D eigenvalue weighted by Crippen LogP contribution is -2.02. The van der Waals surface area contributed by atoms with Gasteiger partial charge in [0, 0.05) is 32.8 Å². The van der Waals surface area contributed by atoms with E-state index in [2.05, 4.69) is 229 Å². The van der Waals surface area contributed by atoms with Crippen LogP contribution < -0.4 is 0 Å². The zero-order chi connectivity index (χ0) is 41.7. The lowest BCUT2D eigenvalue weighted by Gasteiger charge is -2.15. The Bertz CT molecular complexity index is 3650. The van der Waals surface area contributed by atoms with Crippen LogP contribution in [0.3, 0.4) is 0 Å². The maximum Gasteiger partial charge on any atom is 0.164 e. The van der Waals surface area contributed by atoms with E-state index < -0.39 is 0 Å². The van der Waals surface area contributed by atoms with Crippen LogP contribution in [0.1, 0.15) is 0 Å². The molecule has 12 aromatic rings. The molecule has 2 heterocycles. The van der Waals surface area contributed by atoms with Crippen molar-refractivity contribution in [1.82, 2.24) is 19.5 Å². The van der Waals surface area contributed by atoms with Crippen LogP contribution >= 0.6 is 0 Å². The first kappa shape index (κ1) is 36.4. The Morgan fingerprint density at radius 1 is 0.254 bits per heavy atom. The molecule has 0 amide bonds. The molecule has 0 aliphatic carbocycles. The van der Waals surface area contributed by atoms with Crippen LogP contribution in [0, 0.1) is 0 Å². The second kappa shape index (κ2) is 15.2. The van der Waals surface area contributed by atoms with E-state index in [9.17, 15) is 0 Å². The maximum absolute atomic E-state index is 5.26. The summed E-state index contributed by atoms with van der Waals surface area (Å²) in [6.45, 7) is 0. The van der Waals surface area contributed by atoms with Crippen molar-refractivity contribution in [3.8, 4) is 73.2 Å². The number of hydrogen-bond acceptors (Lipinski definition) is 3. The van der Waals surface area contributed by atoms with Gasteiger partial charge in [0.15, 0.2) is 17.5 Å². The zero-order valence-electron chi connectivity index (χ0n) is 34.2. The first-order valence-corrected chi connectivity index (χ1v) is 21.3. The van der Waals surface area contributed by atoms with Gasteiger partial charge in [0.25, 0.3) is 0 Å². The van der Waals surface area contributed by atoms with E-state index in [1.165, 1.54) is 43.8 Å². The monoisotopic (exact) mass is 802 g/mol. The first-order chi connectivity index (χ1) is 31.2. The van der Waals surface area contributed by atoms with Crippen LogP contribution in [-0.2, 0) is 0 Å². The Labute approximate surface area is 365 Å². The minimum atomic E-state index is 0.622. The normalized spacial score (nSPS) is 11.5. The Morgan fingerprint density at radius 2 is 0.714 bits per heavy atom. The lowest BCUT2D eigenvalue weighted by atomic mass is 10.00. The predicted molar refractivity (Wildman–Crippen MR) is 262 cm³/mol. The van der Waals surface area contributed by atoms with Gasteiger partial charge in [0.2, 0.25) is 0 Å². The fourth-order valence-corrected chi connectivity index (χ4v) is 9.09. The van der Waals surface area contributed by atoms with Gasteiger partial charge in [0.1, 0.15) is 0 Å². The largest absolute Gasteiger partial charge is 0.309 e. The Kier molecular flexibility index (Phi) is 8.79. The molecule has 10 aromatic carbocycles. The van der Waals surface area contributed by atoms with Crippen molar-refractivity contribution in [2.45, 2.75) is 0 Å². The number of benzene rings is 10. The van der Waals surface area contributed by atoms with Gasteiger partial charge < -0.3 is 4.57 Å². The predicted octanol–water partition coefficient (Wildman–Crippen LogP) is 15.3. The van der Waals surface area contributed by atoms with Gasteiger partial charge >= 0.3 is 0 Å². The number of para-hydroxylation sites is 1. The van der Waals surface area contributed by atoms with Crippen molar-refractivity contribution >= 4 is 43.4 Å². The molecular weight excluding hydrogens is 765 g/mol. The Balaban J connectivity index is 1.00. The average Bonchev–Trinajstić information content (AvgIpc) is 3.70. The average molecular weight is 803 g/mol. The van der Waals surface area contributed by atoms with Crippen LogP contribution in [0.4, 0.5) is 0 Å². The summed E-state index contributed by atoms with van der Waals surface area (Å²) in [6.07, 6.45) is 0. The smallest absolute Gasteiger partial charge is 0.164 e. The van der Waals surface area contributed by atoms with E-state index in [4.69, 9.17) is 15.0 Å². The van der Waals surface area contributed by atoms with E-state index >= 15 is 0 Å². The standard InChI is InChI=1S/C59H38N4/c1-3-13-39(14-4-1)42-23-28-44(29-24-42)57-60-58(45-30-25-43(26-31-45)47-32-27-41-17-7-8-18-46(41)37-47)62-59(61-57)52-34-36-55(50-20-10-9-19-49(50)52)63-54-22-12-11-21-51(54)53-38-48(33-35-56(53)63)40-15-5-2-6-16-40/h1-38H. The molecule has 0 atom stereocenters. The quantitative estimate of drug-likeness (QED) is 0.161. The number of fused-ring (bicyclic) bond motifs is 5. The highest BCUT2D eigenvalue weighted by Crippen LogP contribution is 2.39. The molecule has 0 fully saturated rings. The van der Waals surface area contributed by atoms with Gasteiger partial charge in [0.05, 0.1) is 16.7 Å².